The molecule has 1 aliphatic rings. The number of ketones is 1. The van der Waals surface area contributed by atoms with Gasteiger partial charge in [-0.1, -0.05) is 40.2 Å². The minimum atomic E-state index is -1.36. The monoisotopic (exact) mass is 564 g/mol. The second kappa shape index (κ2) is 14.8. The number of aliphatic hydroxyl groups excluding tert-OH is 2. The lowest BCUT2D eigenvalue weighted by Gasteiger charge is -2.32. The number of esters is 1. The number of hydrogen-bond acceptors (Lipinski definition) is 9. The molecule has 2 heterocycles. The predicted octanol–water partition coefficient (Wildman–Crippen LogP) is 3.76. The number of carbonyl (C=O) groups excluding carboxylic acids is 3. The van der Waals surface area contributed by atoms with E-state index in [-0.39, 0.29) is 30.0 Å². The molecule has 5 atom stereocenters. The molecule has 218 valence electrons. The lowest BCUT2D eigenvalue weighted by atomic mass is 9.75. The zero-order valence-electron chi connectivity index (χ0n) is 24.0. The highest BCUT2D eigenvalue weighted by atomic mass is 32.1. The van der Waals surface area contributed by atoms with Crippen LogP contribution in [-0.4, -0.2) is 70.9 Å². The fourth-order valence-electron chi connectivity index (χ4n) is 4.69. The number of methoxy groups -OCH3 is 1. The van der Waals surface area contributed by atoms with Crippen molar-refractivity contribution in [1.29, 1.82) is 0 Å². The Labute approximate surface area is 235 Å². The van der Waals surface area contributed by atoms with Gasteiger partial charge in [0.05, 0.1) is 34.7 Å². The highest BCUT2D eigenvalue weighted by Gasteiger charge is 2.40. The van der Waals surface area contributed by atoms with Gasteiger partial charge in [-0.15, -0.1) is 11.3 Å². The van der Waals surface area contributed by atoms with Gasteiger partial charge in [0.25, 0.3) is 0 Å². The van der Waals surface area contributed by atoms with Crippen molar-refractivity contribution in [2.24, 2.45) is 11.3 Å². The van der Waals surface area contributed by atoms with Crippen LogP contribution in [0, 0.1) is 18.3 Å². The molecule has 1 aromatic rings. The largest absolute Gasteiger partial charge is 0.458 e. The first-order valence-corrected chi connectivity index (χ1v) is 14.3. The lowest BCUT2D eigenvalue weighted by Crippen LogP contribution is -2.43. The van der Waals surface area contributed by atoms with E-state index >= 15 is 0 Å². The van der Waals surface area contributed by atoms with Gasteiger partial charge in [-0.25, -0.2) is 4.98 Å². The van der Waals surface area contributed by atoms with Crippen LogP contribution < -0.4 is 5.32 Å². The summed E-state index contributed by atoms with van der Waals surface area (Å²) in [5, 5.41) is 27.5. The van der Waals surface area contributed by atoms with Crippen LogP contribution in [0.25, 0.3) is 6.08 Å². The standard InChI is InChI=1S/C29H44N2O7S/c1-17-10-8-9-11-21(31-25(33)15-37-7)13-23(18(2)12-22-16-39-20(4)30-22)38-26(34)14-24(32)29(5,6)28(36)19(3)27(17)35/h12,16-17,21,23-24,27,32,35H,3,8-11,13-15H2,1-2,4-7H3,(H,31,33)/b18-12+/t17-,21?,23?,24?,27+/m1/s1. The van der Waals surface area contributed by atoms with E-state index in [4.69, 9.17) is 9.47 Å². The van der Waals surface area contributed by atoms with E-state index in [9.17, 15) is 24.6 Å². The maximum absolute atomic E-state index is 13.2. The first-order chi connectivity index (χ1) is 18.3. The summed E-state index contributed by atoms with van der Waals surface area (Å²) in [6, 6.07) is -0.308. The van der Waals surface area contributed by atoms with Crippen molar-refractivity contribution in [2.75, 3.05) is 13.7 Å². The Hall–Kier alpha value is -2.40. The highest BCUT2D eigenvalue weighted by molar-refractivity contribution is 7.09. The first-order valence-electron chi connectivity index (χ1n) is 13.4. The molecule has 3 unspecified atom stereocenters. The third kappa shape index (κ3) is 9.63. The highest BCUT2D eigenvalue weighted by Crippen LogP contribution is 2.32. The topological polar surface area (TPSA) is 135 Å². The molecule has 1 aliphatic heterocycles. The summed E-state index contributed by atoms with van der Waals surface area (Å²) in [4.78, 5) is 43.1. The van der Waals surface area contributed by atoms with Gasteiger partial charge < -0.3 is 25.0 Å². The van der Waals surface area contributed by atoms with Crippen molar-refractivity contribution < 1.29 is 34.1 Å². The molecule has 39 heavy (non-hydrogen) atoms. The van der Waals surface area contributed by atoms with Gasteiger partial charge in [0.15, 0.2) is 5.78 Å². The zero-order valence-corrected chi connectivity index (χ0v) is 24.8. The number of nitrogens with zero attached hydrogens (tertiary/aromatic N) is 1. The number of aryl methyl sites for hydroxylation is 1. The van der Waals surface area contributed by atoms with Crippen molar-refractivity contribution in [1.82, 2.24) is 10.3 Å². The Morgan fingerprint density at radius 1 is 1.31 bits per heavy atom. The number of Topliss-reactive ketones (excluding diaryl/α,β-unsaturated/α-hetero) is 1. The number of amides is 1. The Morgan fingerprint density at radius 2 is 1.97 bits per heavy atom. The number of hydrogen-bond donors (Lipinski definition) is 3. The predicted molar refractivity (Wildman–Crippen MR) is 151 cm³/mol. The molecule has 0 saturated carbocycles. The molecular weight excluding hydrogens is 520 g/mol. The summed E-state index contributed by atoms with van der Waals surface area (Å²) in [7, 11) is 1.45. The molecule has 3 N–H and O–H groups in total. The van der Waals surface area contributed by atoms with Gasteiger partial charge >= 0.3 is 5.97 Å². The van der Waals surface area contributed by atoms with E-state index in [0.29, 0.717) is 19.3 Å². The lowest BCUT2D eigenvalue weighted by molar-refractivity contribution is -0.153. The van der Waals surface area contributed by atoms with Gasteiger partial charge in [-0.05, 0) is 44.3 Å². The summed E-state index contributed by atoms with van der Waals surface area (Å²) < 4.78 is 10.9. The van der Waals surface area contributed by atoms with E-state index in [1.54, 1.807) is 0 Å². The van der Waals surface area contributed by atoms with E-state index < -0.39 is 41.9 Å². The van der Waals surface area contributed by atoms with Gasteiger partial charge in [0.1, 0.15) is 12.7 Å². The van der Waals surface area contributed by atoms with Crippen LogP contribution in [0.15, 0.2) is 23.1 Å². The molecule has 0 bridgehead atoms. The normalized spacial score (nSPS) is 28.2. The molecule has 0 aromatic carbocycles. The zero-order chi connectivity index (χ0) is 29.3. The smallest absolute Gasteiger partial charge is 0.309 e. The minimum absolute atomic E-state index is 0.0203. The van der Waals surface area contributed by atoms with Crippen LogP contribution in [-0.2, 0) is 23.9 Å². The maximum Gasteiger partial charge on any atom is 0.309 e. The van der Waals surface area contributed by atoms with Crippen LogP contribution >= 0.6 is 11.3 Å². The third-order valence-electron chi connectivity index (χ3n) is 7.36. The molecule has 0 radical (unpaired) electrons. The summed E-state index contributed by atoms with van der Waals surface area (Å²) in [6.45, 7) is 12.4. The van der Waals surface area contributed by atoms with Gasteiger partial charge in [-0.3, -0.25) is 14.4 Å². The van der Waals surface area contributed by atoms with Gasteiger partial charge in [0, 0.05) is 30.5 Å². The molecule has 0 aliphatic carbocycles. The van der Waals surface area contributed by atoms with Crippen molar-refractivity contribution in [2.45, 2.75) is 97.5 Å². The molecule has 10 heteroatoms. The van der Waals surface area contributed by atoms with Crippen molar-refractivity contribution in [3.63, 3.8) is 0 Å². The number of carbonyl (C=O) groups is 3. The fourth-order valence-corrected chi connectivity index (χ4v) is 5.26. The number of rotatable bonds is 5. The molecule has 1 fully saturated rings. The number of nitrogens with one attached hydrogen (secondary N) is 1. The van der Waals surface area contributed by atoms with Gasteiger partial charge in [-0.2, -0.15) is 0 Å². The van der Waals surface area contributed by atoms with Crippen LogP contribution in [0.5, 0.6) is 0 Å². The number of thiazole rings is 1. The summed E-state index contributed by atoms with van der Waals surface area (Å²) in [5.74, 6) is -1.66. The van der Waals surface area contributed by atoms with E-state index in [1.807, 2.05) is 32.2 Å². The number of ether oxygens (including phenoxy) is 2. The first kappa shape index (κ1) is 32.8. The van der Waals surface area contributed by atoms with E-state index in [0.717, 1.165) is 29.1 Å². The molecule has 9 nitrogen and oxygen atoms in total. The van der Waals surface area contributed by atoms with E-state index in [1.165, 1.54) is 32.3 Å². The van der Waals surface area contributed by atoms with Crippen molar-refractivity contribution in [3.8, 4) is 0 Å². The van der Waals surface area contributed by atoms with Crippen molar-refractivity contribution >= 4 is 35.1 Å². The fraction of sp³-hybridized carbons (Fsp3) is 0.655. The second-order valence-electron chi connectivity index (χ2n) is 11.1. The number of aromatic nitrogens is 1. The maximum atomic E-state index is 13.2. The Balaban J connectivity index is 2.40. The van der Waals surface area contributed by atoms with Crippen LogP contribution in [0.3, 0.4) is 0 Å². The quantitative estimate of drug-likeness (QED) is 0.363. The van der Waals surface area contributed by atoms with Crippen LogP contribution in [0.4, 0.5) is 0 Å². The SMILES string of the molecule is C=C1C(=O)C(C)(C)C(O)CC(=O)OC(/C(C)=C/c2csc(C)n2)CC(NC(=O)COC)CCCC[C@@H](C)[C@@H]1O. The Kier molecular flexibility index (Phi) is 12.5. The summed E-state index contributed by atoms with van der Waals surface area (Å²) in [6.07, 6.45) is 1.40. The Morgan fingerprint density at radius 3 is 2.59 bits per heavy atom. The molecular formula is C29H44N2O7S. The Bertz CT molecular complexity index is 1050. The third-order valence-corrected chi connectivity index (χ3v) is 8.15. The van der Waals surface area contributed by atoms with Crippen LogP contribution in [0.2, 0.25) is 0 Å². The van der Waals surface area contributed by atoms with Crippen molar-refractivity contribution in [3.05, 3.63) is 33.8 Å². The molecule has 1 aromatic heterocycles. The molecule has 2 rings (SSSR count). The molecule has 0 spiro atoms. The minimum Gasteiger partial charge on any atom is -0.458 e. The molecule has 1 amide bonds. The average molecular weight is 565 g/mol. The molecule has 1 saturated heterocycles. The second-order valence-corrected chi connectivity index (χ2v) is 12.2. The number of cyclic esters (lactones) is 1. The van der Waals surface area contributed by atoms with E-state index in [2.05, 4.69) is 16.9 Å². The van der Waals surface area contributed by atoms with Gasteiger partial charge in [0.2, 0.25) is 5.91 Å². The van der Waals surface area contributed by atoms with Crippen LogP contribution in [0.1, 0.15) is 76.9 Å². The average Bonchev–Trinajstić information content (AvgIpc) is 3.27. The summed E-state index contributed by atoms with van der Waals surface area (Å²) in [5.41, 5.74) is 0.155. The summed E-state index contributed by atoms with van der Waals surface area (Å²) >= 11 is 1.51. The number of aliphatic hydroxyl groups is 2.